The molecule has 8 aromatic heterocycles. The molecule has 616 valence electrons. The van der Waals surface area contributed by atoms with Gasteiger partial charge in [0, 0.05) is 109 Å². The summed E-state index contributed by atoms with van der Waals surface area (Å²) in [5.74, 6) is 2.82. The van der Waals surface area contributed by atoms with Crippen molar-refractivity contribution in [2.75, 3.05) is 14.2 Å². The number of pyridine rings is 2. The summed E-state index contributed by atoms with van der Waals surface area (Å²) in [7, 11) is 3.36. The largest absolute Gasteiger partial charge is 1.00 e. The third-order valence-corrected chi connectivity index (χ3v) is 31.1. The van der Waals surface area contributed by atoms with E-state index in [0.717, 1.165) is 38.9 Å². The molecule has 1 N–H and O–H groups in total. The first kappa shape index (κ1) is 83.8. The van der Waals surface area contributed by atoms with Gasteiger partial charge in [-0.1, -0.05) is 279 Å². The van der Waals surface area contributed by atoms with Gasteiger partial charge < -0.3 is 28.7 Å². The molecule has 2 aliphatic carbocycles. The maximum Gasteiger partial charge on any atom is 1.00 e. The van der Waals surface area contributed by atoms with Crippen LogP contribution in [0.3, 0.4) is 0 Å². The summed E-state index contributed by atoms with van der Waals surface area (Å²) in [6, 6.07) is 120. The molecule has 14 heteroatoms. The Balaban J connectivity index is 0.000000114. The topological polar surface area (TPSA) is 97.9 Å². The summed E-state index contributed by atoms with van der Waals surface area (Å²) in [5, 5.41) is 27.4. The van der Waals surface area contributed by atoms with Gasteiger partial charge in [0.15, 0.2) is 5.82 Å². The molecule has 126 heavy (non-hydrogen) atoms. The second-order valence-corrected chi connectivity index (χ2v) is 38.9. The predicted molar refractivity (Wildman–Crippen MR) is 534 cm³/mol. The fraction of sp³-hybridized carbons (Fsp3) is 0.161. The van der Waals surface area contributed by atoms with Crippen molar-refractivity contribution in [1.82, 2.24) is 28.7 Å². The predicted octanol–water partition coefficient (Wildman–Crippen LogP) is 27.8. The number of rotatable bonds is 11. The minimum atomic E-state index is -0.750. The summed E-state index contributed by atoms with van der Waals surface area (Å²) < 4.78 is 23.5. The zero-order valence-corrected chi connectivity index (χ0v) is 77.0. The molecule has 9 nitrogen and oxygen atoms in total. The van der Waals surface area contributed by atoms with Gasteiger partial charge in [-0.15, -0.1) is 28.3 Å². The van der Waals surface area contributed by atoms with Gasteiger partial charge in [-0.3, -0.25) is 4.57 Å². The number of fused-ring (bicyclic) bond motifs is 18. The van der Waals surface area contributed by atoms with Gasteiger partial charge in [-0.05, 0) is 204 Å². The smallest absolute Gasteiger partial charge is 0.850 e. The molecule has 0 spiro atoms. The molecule has 0 amide bonds. The zero-order chi connectivity index (χ0) is 84.7. The van der Waals surface area contributed by atoms with E-state index >= 15 is 0 Å². The van der Waals surface area contributed by atoms with E-state index in [4.69, 9.17) is 26.1 Å². The van der Waals surface area contributed by atoms with E-state index in [9.17, 15) is 5.11 Å². The van der Waals surface area contributed by atoms with Crippen LogP contribution in [0.25, 0.3) is 178 Å². The molecule has 0 atom stereocenters. The maximum absolute atomic E-state index is 10.1. The average molecular weight is 1730 g/mol. The first-order valence-corrected chi connectivity index (χ1v) is 47.1. The molecule has 0 radical (unpaired) electrons. The number of hydrogen-bond donors (Lipinski definition) is 1. The molecule has 2 saturated carbocycles. The van der Waals surface area contributed by atoms with Crippen LogP contribution >= 0.6 is 42.2 Å². The molecule has 8 heterocycles. The number of benzene rings is 14. The standard InChI is InChI=1S/C41H25N3S.C30H20N2.C26H35O2P.C11H6ClNS.C4H9O.Na/c1-2-10-28(11-3-1)43-35-15-7-4-12-29(35)33-24-26(18-20-37(33)43)27-19-21-38-34(25-27)30-13-5-8-16-36(30)44(38)41-40-32(22-23-42-41)31-14-6-9-17-39(31)45-40;1-2-8-22(9-3-1)32-29-13-7-5-11-24(29)26-19-21(15-17-30(26)32)20-14-16-28-25(18-20)23-10-4-6-12-27(23)31-28;1-27-23-17-11-18-24(28-2)26(23)22-16-9-10-19-25(22)29(20-12-5-3-6-13-20)21-14-7-4-8-15-21;12-11-10-8(5-6-13-11)7-3-1-2-4-9(7)14-10;1-4(2,3)5;/h1-25H;1-19,31H;9-11,16-21H,3-8,12-15H2,1-2H3;1-6H;1-3H3;/q;;;;-1;+1. The summed E-state index contributed by atoms with van der Waals surface area (Å²) in [5.41, 5.74) is 20.3. The van der Waals surface area contributed by atoms with Gasteiger partial charge in [-0.2, -0.15) is 0 Å². The van der Waals surface area contributed by atoms with Crippen molar-refractivity contribution >= 4 is 175 Å². The zero-order valence-electron chi connectivity index (χ0n) is 71.7. The normalized spacial score (nSPS) is 13.3. The Morgan fingerprint density at radius 1 is 0.365 bits per heavy atom. The number of hydrogen-bond acceptors (Lipinski definition) is 7. The number of ether oxygens (including phenoxy) is 2. The Labute approximate surface area is 770 Å². The molecule has 0 aliphatic heterocycles. The summed E-state index contributed by atoms with van der Waals surface area (Å²) in [6.07, 6.45) is 17.9. The van der Waals surface area contributed by atoms with Crippen LogP contribution in [0, 0.1) is 0 Å². The van der Waals surface area contributed by atoms with Crippen LogP contribution in [0.4, 0.5) is 0 Å². The quantitative estimate of drug-likeness (QED) is 0.0790. The fourth-order valence-corrected chi connectivity index (χ4v) is 25.8. The Morgan fingerprint density at radius 3 is 1.25 bits per heavy atom. The van der Waals surface area contributed by atoms with E-state index in [1.807, 2.05) is 41.8 Å². The van der Waals surface area contributed by atoms with Crippen LogP contribution in [0.1, 0.15) is 85.0 Å². The number of halogens is 1. The Hall–Kier alpha value is -11.7. The van der Waals surface area contributed by atoms with E-state index in [0.29, 0.717) is 5.15 Å². The van der Waals surface area contributed by atoms with Crippen molar-refractivity contribution in [3.63, 3.8) is 0 Å². The van der Waals surface area contributed by atoms with Crippen LogP contribution in [0.15, 0.2) is 346 Å². The maximum atomic E-state index is 10.1. The van der Waals surface area contributed by atoms with Crippen LogP contribution in [0.2, 0.25) is 5.15 Å². The van der Waals surface area contributed by atoms with Crippen LogP contribution < -0.4 is 49.4 Å². The van der Waals surface area contributed by atoms with Gasteiger partial charge in [0.05, 0.1) is 62.3 Å². The first-order valence-electron chi connectivity index (χ1n) is 43.6. The number of nitrogens with zero attached hydrogens (tertiary/aromatic N) is 5. The van der Waals surface area contributed by atoms with Crippen molar-refractivity contribution in [1.29, 1.82) is 0 Å². The van der Waals surface area contributed by atoms with Gasteiger partial charge in [0.25, 0.3) is 0 Å². The number of nitrogens with one attached hydrogen (secondary N) is 1. The Kier molecular flexibility index (Phi) is 24.4. The third-order valence-electron chi connectivity index (χ3n) is 24.8. The fourth-order valence-electron chi connectivity index (χ4n) is 19.3. The van der Waals surface area contributed by atoms with Gasteiger partial charge in [0.1, 0.15) is 16.7 Å². The molecular formula is C112H95ClN6NaO3PS2. The molecule has 2 aliphatic rings. The van der Waals surface area contributed by atoms with E-state index in [1.54, 1.807) is 57.8 Å². The van der Waals surface area contributed by atoms with Crippen molar-refractivity contribution in [2.24, 2.45) is 0 Å². The Bertz CT molecular complexity index is 7680. The SMILES string of the molecule is CC(C)(C)[O-].COc1cccc(OC)c1-c1ccccc1P(C1CCCCC1)C1CCCCC1.Clc1nccc2c1sc1ccccc12.[Na+].c1ccc(-n2c3ccccc3c3cc(-c4ccc5[nH]c6ccccc6c5c4)ccc32)cc1.c1ccc(-n2c3ccccc3c3cc(-c4ccc5c(c4)c4ccccc4n5-c4nccc5c4sc4ccccc45)ccc32)cc1. The number of aromatic amines is 1. The van der Waals surface area contributed by atoms with E-state index in [-0.39, 0.29) is 37.5 Å². The summed E-state index contributed by atoms with van der Waals surface area (Å²) in [4.78, 5) is 12.6. The van der Waals surface area contributed by atoms with Crippen molar-refractivity contribution in [3.05, 3.63) is 351 Å². The van der Waals surface area contributed by atoms with Crippen LogP contribution in [-0.2, 0) is 0 Å². The monoisotopic (exact) mass is 1720 g/mol. The van der Waals surface area contributed by atoms with Crippen molar-refractivity contribution in [2.45, 2.75) is 102 Å². The number of thiophene rings is 2. The van der Waals surface area contributed by atoms with Gasteiger partial charge in [0.2, 0.25) is 0 Å². The van der Waals surface area contributed by atoms with E-state index in [2.05, 4.69) is 333 Å². The molecule has 0 unspecified atom stereocenters. The van der Waals surface area contributed by atoms with Crippen LogP contribution in [0.5, 0.6) is 11.5 Å². The molecule has 0 saturated heterocycles. The van der Waals surface area contributed by atoms with Gasteiger partial charge in [-0.25, -0.2) is 9.97 Å². The summed E-state index contributed by atoms with van der Waals surface area (Å²) in [6.45, 7) is 4.90. The Morgan fingerprint density at radius 2 is 0.746 bits per heavy atom. The minimum absolute atomic E-state index is 0. The molecule has 22 aromatic rings. The molecule has 2 fully saturated rings. The van der Waals surface area contributed by atoms with Crippen LogP contribution in [-0.4, -0.2) is 59.8 Å². The second-order valence-electron chi connectivity index (χ2n) is 33.7. The number of H-pyrrole nitrogens is 1. The number of aromatic nitrogens is 6. The second kappa shape index (κ2) is 36.7. The minimum Gasteiger partial charge on any atom is -0.850 e. The summed E-state index contributed by atoms with van der Waals surface area (Å²) >= 11 is 9.54. The van der Waals surface area contributed by atoms with E-state index in [1.165, 1.54) is 226 Å². The van der Waals surface area contributed by atoms with Crippen molar-refractivity contribution < 1.29 is 44.1 Å². The third kappa shape index (κ3) is 16.4. The molecular weight excluding hydrogens is 1630 g/mol. The molecule has 24 rings (SSSR count). The molecule has 14 aromatic carbocycles. The van der Waals surface area contributed by atoms with E-state index < -0.39 is 5.60 Å². The number of para-hydroxylation sites is 6. The number of methoxy groups -OCH3 is 2. The van der Waals surface area contributed by atoms with Gasteiger partial charge >= 0.3 is 29.6 Å². The van der Waals surface area contributed by atoms with Crippen molar-refractivity contribution in [3.8, 4) is 62.1 Å². The average Bonchev–Trinajstić information content (AvgIpc) is 1.57. The first-order chi connectivity index (χ1) is 61.4. The molecule has 0 bridgehead atoms.